The second kappa shape index (κ2) is 6.54. The molecule has 3 rings (SSSR count). The molecule has 4 heteroatoms. The summed E-state index contributed by atoms with van der Waals surface area (Å²) in [4.78, 5) is 10.3. The van der Waals surface area contributed by atoms with Crippen LogP contribution < -0.4 is 4.74 Å². The summed E-state index contributed by atoms with van der Waals surface area (Å²) < 4.78 is 5.79. The second-order valence-electron chi connectivity index (χ2n) is 5.64. The molecule has 0 aromatic heterocycles. The molecule has 0 aliphatic rings. The van der Waals surface area contributed by atoms with Crippen LogP contribution in [0.2, 0.25) is 0 Å². The molecule has 0 unspecified atom stereocenters. The molecule has 0 N–H and O–H groups in total. The Hall–Kier alpha value is -3.14. The predicted molar refractivity (Wildman–Crippen MR) is 94.5 cm³/mol. The maximum Gasteiger partial charge on any atom is 0.269 e. The van der Waals surface area contributed by atoms with Crippen molar-refractivity contribution in [3.05, 3.63) is 88.0 Å². The van der Waals surface area contributed by atoms with Crippen molar-refractivity contribution in [1.29, 1.82) is 0 Å². The second-order valence-corrected chi connectivity index (χ2v) is 5.64. The molecule has 0 aliphatic heterocycles. The monoisotopic (exact) mass is 319 g/mol. The van der Waals surface area contributed by atoms with Crippen molar-refractivity contribution in [2.24, 2.45) is 0 Å². The van der Waals surface area contributed by atoms with Gasteiger partial charge in [-0.25, -0.2) is 0 Å². The average Bonchev–Trinajstić information content (AvgIpc) is 2.56. The Morgan fingerprint density at radius 2 is 1.42 bits per heavy atom. The summed E-state index contributed by atoms with van der Waals surface area (Å²) in [7, 11) is 0. The van der Waals surface area contributed by atoms with Crippen LogP contribution in [0.15, 0.2) is 66.7 Å². The van der Waals surface area contributed by atoms with Gasteiger partial charge in [0.25, 0.3) is 5.69 Å². The first kappa shape index (κ1) is 15.7. The van der Waals surface area contributed by atoms with Crippen LogP contribution in [0.4, 0.5) is 5.69 Å². The fourth-order valence-corrected chi connectivity index (χ4v) is 2.65. The minimum Gasteiger partial charge on any atom is -0.457 e. The van der Waals surface area contributed by atoms with Crippen molar-refractivity contribution in [2.75, 3.05) is 0 Å². The standard InChI is InChI=1S/C20H17NO3/c1-14-5-3-4-6-19(14)20-12-11-18(13-15(20)2)24-17-9-7-16(8-10-17)21(22)23/h3-13H,1-2H3. The minimum absolute atomic E-state index is 0.0495. The highest BCUT2D eigenvalue weighted by molar-refractivity contribution is 5.71. The smallest absolute Gasteiger partial charge is 0.269 e. The molecule has 0 bridgehead atoms. The van der Waals surface area contributed by atoms with Crippen LogP contribution in [0.25, 0.3) is 11.1 Å². The number of hydrogen-bond acceptors (Lipinski definition) is 3. The Balaban J connectivity index is 1.85. The normalized spacial score (nSPS) is 10.4. The minimum atomic E-state index is -0.426. The molecule has 3 aromatic rings. The Labute approximate surface area is 140 Å². The molecule has 0 saturated carbocycles. The Bertz CT molecular complexity index is 886. The SMILES string of the molecule is Cc1ccccc1-c1ccc(Oc2ccc([N+](=O)[O-])cc2)cc1C. The molecule has 0 spiro atoms. The van der Waals surface area contributed by atoms with Crippen molar-refractivity contribution in [1.82, 2.24) is 0 Å². The predicted octanol–water partition coefficient (Wildman–Crippen LogP) is 5.67. The van der Waals surface area contributed by atoms with Gasteiger partial charge in [-0.2, -0.15) is 0 Å². The highest BCUT2D eigenvalue weighted by atomic mass is 16.6. The summed E-state index contributed by atoms with van der Waals surface area (Å²) in [6.45, 7) is 4.14. The zero-order chi connectivity index (χ0) is 17.1. The van der Waals surface area contributed by atoms with Gasteiger partial charge in [-0.05, 0) is 60.4 Å². The quantitative estimate of drug-likeness (QED) is 0.460. The summed E-state index contributed by atoms with van der Waals surface area (Å²) in [6.07, 6.45) is 0. The molecular formula is C20H17NO3. The maximum absolute atomic E-state index is 10.7. The van der Waals surface area contributed by atoms with Crippen molar-refractivity contribution in [3.63, 3.8) is 0 Å². The number of nitro benzene ring substituents is 1. The molecule has 0 amide bonds. The molecule has 0 saturated heterocycles. The topological polar surface area (TPSA) is 52.4 Å². The van der Waals surface area contributed by atoms with Gasteiger partial charge in [0.2, 0.25) is 0 Å². The lowest BCUT2D eigenvalue weighted by molar-refractivity contribution is -0.384. The van der Waals surface area contributed by atoms with Crippen molar-refractivity contribution < 1.29 is 9.66 Å². The van der Waals surface area contributed by atoms with E-state index in [1.807, 2.05) is 37.3 Å². The Morgan fingerprint density at radius 3 is 2.04 bits per heavy atom. The van der Waals surface area contributed by atoms with E-state index in [4.69, 9.17) is 4.74 Å². The van der Waals surface area contributed by atoms with Crippen LogP contribution in [0.1, 0.15) is 11.1 Å². The summed E-state index contributed by atoms with van der Waals surface area (Å²) in [5.74, 6) is 1.28. The van der Waals surface area contributed by atoms with E-state index < -0.39 is 4.92 Å². The van der Waals surface area contributed by atoms with Crippen LogP contribution >= 0.6 is 0 Å². The number of ether oxygens (including phenoxy) is 1. The van der Waals surface area contributed by atoms with Gasteiger partial charge in [-0.3, -0.25) is 10.1 Å². The number of non-ortho nitro benzene ring substituents is 1. The molecule has 24 heavy (non-hydrogen) atoms. The molecular weight excluding hydrogens is 302 g/mol. The largest absolute Gasteiger partial charge is 0.457 e. The third-order valence-corrected chi connectivity index (χ3v) is 3.92. The average molecular weight is 319 g/mol. The Kier molecular flexibility index (Phi) is 4.29. The van der Waals surface area contributed by atoms with Gasteiger partial charge in [-0.15, -0.1) is 0 Å². The molecule has 0 heterocycles. The van der Waals surface area contributed by atoms with Gasteiger partial charge in [0.15, 0.2) is 0 Å². The summed E-state index contributed by atoms with van der Waals surface area (Å²) >= 11 is 0. The fraction of sp³-hybridized carbons (Fsp3) is 0.100. The number of benzene rings is 3. The van der Waals surface area contributed by atoms with Gasteiger partial charge < -0.3 is 4.74 Å². The third kappa shape index (κ3) is 3.27. The van der Waals surface area contributed by atoms with E-state index in [1.165, 1.54) is 28.8 Å². The number of aryl methyl sites for hydroxylation is 2. The number of nitrogens with zero attached hydrogens (tertiary/aromatic N) is 1. The number of nitro groups is 1. The van der Waals surface area contributed by atoms with Gasteiger partial charge in [-0.1, -0.05) is 30.3 Å². The highest BCUT2D eigenvalue weighted by Crippen LogP contribution is 2.31. The van der Waals surface area contributed by atoms with Crippen LogP contribution in [0, 0.1) is 24.0 Å². The first-order valence-electron chi connectivity index (χ1n) is 7.63. The summed E-state index contributed by atoms with van der Waals surface area (Å²) in [6, 6.07) is 20.3. The van der Waals surface area contributed by atoms with E-state index in [1.54, 1.807) is 12.1 Å². The highest BCUT2D eigenvalue weighted by Gasteiger charge is 2.08. The summed E-state index contributed by atoms with van der Waals surface area (Å²) in [5.41, 5.74) is 4.77. The zero-order valence-electron chi connectivity index (χ0n) is 13.5. The van der Waals surface area contributed by atoms with Crippen molar-refractivity contribution in [2.45, 2.75) is 13.8 Å². The lowest BCUT2D eigenvalue weighted by Crippen LogP contribution is -1.90. The van der Waals surface area contributed by atoms with E-state index in [0.29, 0.717) is 11.5 Å². The van der Waals surface area contributed by atoms with Gasteiger partial charge in [0.05, 0.1) is 4.92 Å². The van der Waals surface area contributed by atoms with E-state index in [2.05, 4.69) is 19.1 Å². The number of hydrogen-bond donors (Lipinski definition) is 0. The Morgan fingerprint density at radius 1 is 0.792 bits per heavy atom. The lowest BCUT2D eigenvalue weighted by Gasteiger charge is -2.12. The van der Waals surface area contributed by atoms with Crippen molar-refractivity contribution >= 4 is 5.69 Å². The lowest BCUT2D eigenvalue weighted by atomic mass is 9.96. The third-order valence-electron chi connectivity index (χ3n) is 3.92. The van der Waals surface area contributed by atoms with E-state index in [0.717, 1.165) is 5.56 Å². The molecule has 0 atom stereocenters. The van der Waals surface area contributed by atoms with Crippen LogP contribution in [0.3, 0.4) is 0 Å². The van der Waals surface area contributed by atoms with Gasteiger partial charge in [0, 0.05) is 12.1 Å². The van der Waals surface area contributed by atoms with E-state index >= 15 is 0 Å². The number of rotatable bonds is 4. The maximum atomic E-state index is 10.7. The molecule has 0 fully saturated rings. The van der Waals surface area contributed by atoms with Gasteiger partial charge >= 0.3 is 0 Å². The zero-order valence-corrected chi connectivity index (χ0v) is 13.5. The first-order chi connectivity index (χ1) is 11.5. The van der Waals surface area contributed by atoms with Gasteiger partial charge in [0.1, 0.15) is 11.5 Å². The molecule has 3 aromatic carbocycles. The molecule has 0 radical (unpaired) electrons. The molecule has 0 aliphatic carbocycles. The van der Waals surface area contributed by atoms with E-state index in [-0.39, 0.29) is 5.69 Å². The van der Waals surface area contributed by atoms with Crippen LogP contribution in [-0.2, 0) is 0 Å². The fourth-order valence-electron chi connectivity index (χ4n) is 2.65. The summed E-state index contributed by atoms with van der Waals surface area (Å²) in [5, 5.41) is 10.7. The van der Waals surface area contributed by atoms with Crippen molar-refractivity contribution in [3.8, 4) is 22.6 Å². The molecule has 4 nitrogen and oxygen atoms in total. The first-order valence-corrected chi connectivity index (χ1v) is 7.63. The van der Waals surface area contributed by atoms with Crippen LogP contribution in [0.5, 0.6) is 11.5 Å². The molecule has 120 valence electrons. The van der Waals surface area contributed by atoms with E-state index in [9.17, 15) is 10.1 Å². The van der Waals surface area contributed by atoms with Crippen LogP contribution in [-0.4, -0.2) is 4.92 Å².